The number of benzene rings is 1. The van der Waals surface area contributed by atoms with Crippen molar-refractivity contribution >= 4 is 28.1 Å². The van der Waals surface area contributed by atoms with Gasteiger partial charge in [0.15, 0.2) is 11.6 Å². The number of aliphatic imine (C=N–C) groups is 1. The molecule has 2 atom stereocenters. The second-order valence-electron chi connectivity index (χ2n) is 6.31. The summed E-state index contributed by atoms with van der Waals surface area (Å²) in [5.41, 5.74) is 12.9. The molecular weight excluding hydrogens is 324 g/mol. The zero-order valence-corrected chi connectivity index (χ0v) is 13.6. The molecule has 0 radical (unpaired) electrons. The van der Waals surface area contributed by atoms with E-state index in [0.29, 0.717) is 34.3 Å². The average molecular weight is 341 g/mol. The van der Waals surface area contributed by atoms with Gasteiger partial charge in [-0.2, -0.15) is 0 Å². The quantitative estimate of drug-likeness (QED) is 0.436. The van der Waals surface area contributed by atoms with Crippen molar-refractivity contribution in [1.82, 2.24) is 9.55 Å². The Hall–Kier alpha value is -2.96. The number of hydrogen-bond donors (Lipinski definition) is 2. The van der Waals surface area contributed by atoms with Crippen LogP contribution in [0.3, 0.4) is 0 Å². The minimum Gasteiger partial charge on any atom is -0.396 e. The third-order valence-corrected chi connectivity index (χ3v) is 4.54. The Bertz CT molecular complexity index is 1010. The molecule has 1 fully saturated rings. The van der Waals surface area contributed by atoms with Gasteiger partial charge in [-0.3, -0.25) is 0 Å². The number of anilines is 1. The predicted octanol–water partition coefficient (Wildman–Crippen LogP) is 3.31. The number of amidine groups is 1. The predicted molar refractivity (Wildman–Crippen MR) is 94.8 cm³/mol. The number of fused-ring (bicyclic) bond motifs is 1. The SMILES string of the molecule is Cn1cccc1-c1cc2cc(/N=C(\N)C3CC3F)ncc2c(N)c1F. The highest BCUT2D eigenvalue weighted by Crippen LogP contribution is 2.36. The molecule has 1 aliphatic carbocycles. The molecular formula is C18H17F2N5. The number of alkyl halides is 1. The molecule has 0 spiro atoms. The number of nitrogens with two attached hydrogens (primary N) is 2. The number of hydrogen-bond acceptors (Lipinski definition) is 3. The summed E-state index contributed by atoms with van der Waals surface area (Å²) in [7, 11) is 1.83. The topological polar surface area (TPSA) is 82.2 Å². The van der Waals surface area contributed by atoms with Gasteiger partial charge in [0, 0.05) is 30.4 Å². The highest BCUT2D eigenvalue weighted by molar-refractivity contribution is 5.98. The summed E-state index contributed by atoms with van der Waals surface area (Å²) >= 11 is 0. The van der Waals surface area contributed by atoms with Crippen LogP contribution in [-0.2, 0) is 7.05 Å². The first kappa shape index (κ1) is 15.6. The largest absolute Gasteiger partial charge is 0.396 e. The first-order valence-electron chi connectivity index (χ1n) is 7.93. The molecule has 128 valence electrons. The maximum atomic E-state index is 14.7. The van der Waals surface area contributed by atoms with Gasteiger partial charge in [-0.05, 0) is 36.1 Å². The van der Waals surface area contributed by atoms with E-state index in [0.717, 1.165) is 0 Å². The summed E-state index contributed by atoms with van der Waals surface area (Å²) in [5.74, 6) is -0.218. The maximum Gasteiger partial charge on any atom is 0.156 e. The van der Waals surface area contributed by atoms with Crippen molar-refractivity contribution in [2.75, 3.05) is 5.73 Å². The van der Waals surface area contributed by atoms with Gasteiger partial charge in [0.2, 0.25) is 0 Å². The fourth-order valence-electron chi connectivity index (χ4n) is 2.96. The summed E-state index contributed by atoms with van der Waals surface area (Å²) < 4.78 is 29.6. The Labute approximate surface area is 143 Å². The molecule has 0 aliphatic heterocycles. The summed E-state index contributed by atoms with van der Waals surface area (Å²) in [6.45, 7) is 0. The third-order valence-electron chi connectivity index (χ3n) is 4.54. The van der Waals surface area contributed by atoms with Crippen LogP contribution in [0.5, 0.6) is 0 Å². The van der Waals surface area contributed by atoms with E-state index in [-0.39, 0.29) is 17.4 Å². The zero-order valence-electron chi connectivity index (χ0n) is 13.6. The number of rotatable bonds is 3. The smallest absolute Gasteiger partial charge is 0.156 e. The molecule has 1 aliphatic rings. The van der Waals surface area contributed by atoms with E-state index in [1.807, 2.05) is 29.9 Å². The normalized spacial score (nSPS) is 20.2. The third kappa shape index (κ3) is 2.61. The summed E-state index contributed by atoms with van der Waals surface area (Å²) in [6, 6.07) is 7.04. The van der Waals surface area contributed by atoms with Gasteiger partial charge >= 0.3 is 0 Å². The van der Waals surface area contributed by atoms with Crippen LogP contribution < -0.4 is 11.5 Å². The minimum atomic E-state index is -0.919. The van der Waals surface area contributed by atoms with Gasteiger partial charge in [0.25, 0.3) is 0 Å². The van der Waals surface area contributed by atoms with Crippen molar-refractivity contribution in [2.45, 2.75) is 12.6 Å². The molecule has 2 heterocycles. The van der Waals surface area contributed by atoms with E-state index in [1.54, 1.807) is 12.1 Å². The van der Waals surface area contributed by atoms with Gasteiger partial charge in [-0.25, -0.2) is 18.8 Å². The lowest BCUT2D eigenvalue weighted by Gasteiger charge is -2.11. The average Bonchev–Trinajstić information content (AvgIpc) is 3.17. The van der Waals surface area contributed by atoms with E-state index in [9.17, 15) is 8.78 Å². The van der Waals surface area contributed by atoms with Crippen molar-refractivity contribution in [3.63, 3.8) is 0 Å². The first-order chi connectivity index (χ1) is 12.0. The number of nitrogen functional groups attached to an aromatic ring is 1. The minimum absolute atomic E-state index is 0.0377. The molecule has 4 N–H and O–H groups in total. The number of aryl methyl sites for hydroxylation is 1. The molecule has 4 rings (SSSR count). The summed E-state index contributed by atoms with van der Waals surface area (Å²) in [5, 5.41) is 1.20. The van der Waals surface area contributed by atoms with Crippen molar-refractivity contribution in [2.24, 2.45) is 23.7 Å². The lowest BCUT2D eigenvalue weighted by Crippen LogP contribution is -2.15. The monoisotopic (exact) mass is 341 g/mol. The number of halogens is 2. The van der Waals surface area contributed by atoms with E-state index in [2.05, 4.69) is 9.98 Å². The molecule has 3 aromatic rings. The summed E-state index contributed by atoms with van der Waals surface area (Å²) in [6.07, 6.45) is 2.78. The Balaban J connectivity index is 1.84. The van der Waals surface area contributed by atoms with Gasteiger partial charge in [-0.15, -0.1) is 0 Å². The van der Waals surface area contributed by atoms with Gasteiger partial charge < -0.3 is 16.0 Å². The van der Waals surface area contributed by atoms with E-state index in [4.69, 9.17) is 11.5 Å². The molecule has 7 heteroatoms. The van der Waals surface area contributed by atoms with E-state index in [1.165, 1.54) is 6.20 Å². The van der Waals surface area contributed by atoms with Crippen molar-refractivity contribution in [3.8, 4) is 11.3 Å². The lowest BCUT2D eigenvalue weighted by atomic mass is 10.0. The van der Waals surface area contributed by atoms with Crippen LogP contribution in [0.15, 0.2) is 41.7 Å². The maximum absolute atomic E-state index is 14.7. The van der Waals surface area contributed by atoms with Crippen LogP contribution >= 0.6 is 0 Å². The molecule has 0 bridgehead atoms. The van der Waals surface area contributed by atoms with E-state index >= 15 is 0 Å². The molecule has 25 heavy (non-hydrogen) atoms. The van der Waals surface area contributed by atoms with Gasteiger partial charge in [-0.1, -0.05) is 0 Å². The van der Waals surface area contributed by atoms with Crippen LogP contribution in [0.25, 0.3) is 22.0 Å². The van der Waals surface area contributed by atoms with E-state index < -0.39 is 12.0 Å². The molecule has 1 saturated carbocycles. The van der Waals surface area contributed by atoms with Crippen molar-refractivity contribution in [1.29, 1.82) is 0 Å². The Morgan fingerprint density at radius 2 is 2.16 bits per heavy atom. The van der Waals surface area contributed by atoms with Crippen molar-refractivity contribution < 1.29 is 8.78 Å². The second kappa shape index (κ2) is 5.54. The second-order valence-corrected chi connectivity index (χ2v) is 6.31. The summed E-state index contributed by atoms with van der Waals surface area (Å²) in [4.78, 5) is 8.34. The number of aromatic nitrogens is 2. The van der Waals surface area contributed by atoms with Crippen LogP contribution in [0, 0.1) is 11.7 Å². The fraction of sp³-hybridized carbons (Fsp3) is 0.222. The molecule has 2 aromatic heterocycles. The highest BCUT2D eigenvalue weighted by atomic mass is 19.1. The molecule has 5 nitrogen and oxygen atoms in total. The number of pyridine rings is 1. The van der Waals surface area contributed by atoms with Gasteiger partial charge in [0.1, 0.15) is 12.0 Å². The Morgan fingerprint density at radius 3 is 2.80 bits per heavy atom. The first-order valence-corrected chi connectivity index (χ1v) is 7.93. The molecule has 0 amide bonds. The van der Waals surface area contributed by atoms with Crippen LogP contribution in [0.1, 0.15) is 6.42 Å². The Kier molecular flexibility index (Phi) is 3.45. The molecule has 1 aromatic carbocycles. The lowest BCUT2D eigenvalue weighted by molar-refractivity contribution is 0.467. The van der Waals surface area contributed by atoms with Crippen LogP contribution in [0.4, 0.5) is 20.3 Å². The van der Waals surface area contributed by atoms with Crippen LogP contribution in [-0.4, -0.2) is 21.6 Å². The zero-order chi connectivity index (χ0) is 17.7. The van der Waals surface area contributed by atoms with Crippen molar-refractivity contribution in [3.05, 3.63) is 42.5 Å². The molecule has 0 saturated heterocycles. The Morgan fingerprint density at radius 1 is 1.40 bits per heavy atom. The van der Waals surface area contributed by atoms with Crippen LogP contribution in [0.2, 0.25) is 0 Å². The molecule has 2 unspecified atom stereocenters. The fourth-order valence-corrected chi connectivity index (χ4v) is 2.96. The number of nitrogens with zero attached hydrogens (tertiary/aromatic N) is 3. The standard InChI is InChI=1S/C18H17F2N5/c1-25-4-2-3-14(25)11-5-9-6-15(24-18(22)10-7-13(10)19)23-8-12(9)17(21)16(11)20/h2-6,8,10,13H,7,21H2,1H3,(H2,22,23,24). The highest BCUT2D eigenvalue weighted by Gasteiger charge is 2.40. The van der Waals surface area contributed by atoms with Gasteiger partial charge in [0.05, 0.1) is 17.3 Å².